The van der Waals surface area contributed by atoms with Crippen molar-refractivity contribution >= 4 is 6.08 Å². The average molecular weight is 496 g/mol. The lowest BCUT2D eigenvalue weighted by Crippen LogP contribution is -2.20. The monoisotopic (exact) mass is 496 g/mol. The van der Waals surface area contributed by atoms with E-state index in [2.05, 4.69) is 27.7 Å². The highest BCUT2D eigenvalue weighted by Crippen LogP contribution is 2.41. The predicted octanol–water partition coefficient (Wildman–Crippen LogP) is 7.52. The number of ether oxygens (including phenoxy) is 1. The van der Waals surface area contributed by atoms with Crippen molar-refractivity contribution in [1.82, 2.24) is 9.97 Å². The molecule has 0 saturated heterocycles. The number of alkyl halides is 6. The standard InChI is InChI=1S/C25H22F6N2O2/c1-3-14-5-7-16-17(9-10-32-19(16)11-14)22-20(4-2)35-23(33-22)15-6-8-21(34-13-24(26,27)28)18(12-15)25(29,30)31/h5-10,12,14H,3-4,11,13H2,1-2H3. The molecule has 0 spiro atoms. The van der Waals surface area contributed by atoms with Crippen molar-refractivity contribution in [3.05, 3.63) is 59.1 Å². The highest BCUT2D eigenvalue weighted by Gasteiger charge is 2.37. The molecule has 2 heterocycles. The van der Waals surface area contributed by atoms with Crippen molar-refractivity contribution in [2.24, 2.45) is 5.92 Å². The molecule has 186 valence electrons. The molecule has 0 fully saturated rings. The number of rotatable bonds is 6. The van der Waals surface area contributed by atoms with Crippen molar-refractivity contribution < 1.29 is 35.5 Å². The molecule has 0 radical (unpaired) electrons. The Bertz CT molecular complexity index is 1240. The van der Waals surface area contributed by atoms with Crippen LogP contribution in [-0.2, 0) is 19.0 Å². The second kappa shape index (κ2) is 9.39. The minimum Gasteiger partial charge on any atom is -0.483 e. The van der Waals surface area contributed by atoms with Gasteiger partial charge in [0.15, 0.2) is 6.61 Å². The predicted molar refractivity (Wildman–Crippen MR) is 118 cm³/mol. The summed E-state index contributed by atoms with van der Waals surface area (Å²) in [5.41, 5.74) is 1.68. The van der Waals surface area contributed by atoms with Crippen LogP contribution < -0.4 is 4.74 Å². The third-order valence-corrected chi connectivity index (χ3v) is 5.78. The van der Waals surface area contributed by atoms with E-state index in [0.717, 1.165) is 35.7 Å². The van der Waals surface area contributed by atoms with Gasteiger partial charge in [0.2, 0.25) is 5.89 Å². The van der Waals surface area contributed by atoms with Gasteiger partial charge in [0, 0.05) is 35.0 Å². The first-order chi connectivity index (χ1) is 16.5. The van der Waals surface area contributed by atoms with Gasteiger partial charge >= 0.3 is 12.4 Å². The van der Waals surface area contributed by atoms with Gasteiger partial charge in [-0.2, -0.15) is 26.3 Å². The summed E-state index contributed by atoms with van der Waals surface area (Å²) in [4.78, 5) is 8.97. The summed E-state index contributed by atoms with van der Waals surface area (Å²) in [6, 6.07) is 4.52. The van der Waals surface area contributed by atoms with Gasteiger partial charge < -0.3 is 9.15 Å². The molecule has 4 rings (SSSR count). The number of benzene rings is 1. The molecule has 0 aliphatic heterocycles. The van der Waals surface area contributed by atoms with Crippen LogP contribution in [0.2, 0.25) is 0 Å². The summed E-state index contributed by atoms with van der Waals surface area (Å²) in [7, 11) is 0. The Labute approximate surface area is 197 Å². The number of halogens is 6. The molecule has 1 aliphatic rings. The fourth-order valence-corrected chi connectivity index (χ4v) is 4.00. The smallest absolute Gasteiger partial charge is 0.422 e. The van der Waals surface area contributed by atoms with E-state index in [1.807, 2.05) is 13.0 Å². The van der Waals surface area contributed by atoms with Gasteiger partial charge in [-0.15, -0.1) is 0 Å². The van der Waals surface area contributed by atoms with E-state index in [9.17, 15) is 26.3 Å². The van der Waals surface area contributed by atoms with Crippen molar-refractivity contribution in [3.63, 3.8) is 0 Å². The quantitative estimate of drug-likeness (QED) is 0.331. The zero-order chi connectivity index (χ0) is 25.4. The summed E-state index contributed by atoms with van der Waals surface area (Å²) >= 11 is 0. The molecule has 4 nitrogen and oxygen atoms in total. The van der Waals surface area contributed by atoms with Crippen LogP contribution >= 0.6 is 0 Å². The SMILES string of the molecule is CCc1oc(-c2ccc(OCC(F)(F)F)c(C(F)(F)F)c2)nc1-c1ccnc2c1C=CC(CC)C2. The van der Waals surface area contributed by atoms with E-state index in [1.165, 1.54) is 6.07 Å². The first-order valence-electron chi connectivity index (χ1n) is 11.1. The lowest BCUT2D eigenvalue weighted by atomic mass is 9.88. The molecule has 0 bridgehead atoms. The Balaban J connectivity index is 1.75. The fourth-order valence-electron chi connectivity index (χ4n) is 4.00. The maximum atomic E-state index is 13.6. The Kier molecular flexibility index (Phi) is 6.66. The van der Waals surface area contributed by atoms with Gasteiger partial charge in [-0.25, -0.2) is 4.98 Å². The highest BCUT2D eigenvalue weighted by atomic mass is 19.4. The maximum Gasteiger partial charge on any atom is 0.422 e. The van der Waals surface area contributed by atoms with Crippen LogP contribution in [0, 0.1) is 5.92 Å². The number of oxazole rings is 1. The first-order valence-corrected chi connectivity index (χ1v) is 11.1. The Morgan fingerprint density at radius 3 is 2.51 bits per heavy atom. The van der Waals surface area contributed by atoms with Crippen LogP contribution in [0.4, 0.5) is 26.3 Å². The molecule has 0 N–H and O–H groups in total. The van der Waals surface area contributed by atoms with Crippen LogP contribution in [0.3, 0.4) is 0 Å². The Morgan fingerprint density at radius 1 is 1.09 bits per heavy atom. The molecule has 2 aromatic heterocycles. The first kappa shape index (κ1) is 24.8. The fraction of sp³-hybridized carbons (Fsp3) is 0.360. The third kappa shape index (κ3) is 5.36. The van der Waals surface area contributed by atoms with Crippen molar-refractivity contribution in [3.8, 4) is 28.5 Å². The zero-order valence-corrected chi connectivity index (χ0v) is 18.9. The lowest BCUT2D eigenvalue weighted by molar-refractivity contribution is -0.158. The number of allylic oxidation sites excluding steroid dienone is 1. The summed E-state index contributed by atoms with van der Waals surface area (Å²) < 4.78 is 88.5. The van der Waals surface area contributed by atoms with Gasteiger partial charge in [0.05, 0.1) is 5.56 Å². The Morgan fingerprint density at radius 2 is 1.86 bits per heavy atom. The number of aromatic nitrogens is 2. The minimum absolute atomic E-state index is 0.0258. The molecule has 1 aliphatic carbocycles. The topological polar surface area (TPSA) is 48.2 Å². The normalized spacial score (nSPS) is 15.8. The summed E-state index contributed by atoms with van der Waals surface area (Å²) in [5.74, 6) is -0.130. The molecular weight excluding hydrogens is 474 g/mol. The lowest BCUT2D eigenvalue weighted by Gasteiger charge is -2.19. The van der Waals surface area contributed by atoms with Gasteiger partial charge in [0.25, 0.3) is 0 Å². The van der Waals surface area contributed by atoms with Gasteiger partial charge in [-0.3, -0.25) is 4.98 Å². The number of aryl methyl sites for hydroxylation is 1. The molecule has 3 aromatic rings. The van der Waals surface area contributed by atoms with Gasteiger partial charge in [-0.05, 0) is 43.0 Å². The van der Waals surface area contributed by atoms with E-state index in [1.54, 1.807) is 12.3 Å². The van der Waals surface area contributed by atoms with E-state index in [4.69, 9.17) is 4.42 Å². The van der Waals surface area contributed by atoms with E-state index >= 15 is 0 Å². The number of nitrogens with zero attached hydrogens (tertiary/aromatic N) is 2. The van der Waals surface area contributed by atoms with Gasteiger partial charge in [0.1, 0.15) is 17.2 Å². The second-order valence-corrected chi connectivity index (χ2v) is 8.21. The highest BCUT2D eigenvalue weighted by molar-refractivity contribution is 5.77. The molecule has 0 saturated carbocycles. The van der Waals surface area contributed by atoms with Crippen molar-refractivity contribution in [2.75, 3.05) is 6.61 Å². The summed E-state index contributed by atoms with van der Waals surface area (Å²) in [6.45, 7) is 2.09. The molecule has 0 amide bonds. The van der Waals surface area contributed by atoms with Crippen LogP contribution in [0.25, 0.3) is 28.8 Å². The summed E-state index contributed by atoms with van der Waals surface area (Å²) in [5, 5.41) is 0. The van der Waals surface area contributed by atoms with Crippen LogP contribution in [0.15, 0.2) is 41.0 Å². The van der Waals surface area contributed by atoms with Crippen LogP contribution in [0.1, 0.15) is 42.8 Å². The number of fused-ring (bicyclic) bond motifs is 1. The number of pyridine rings is 1. The number of hydrogen-bond donors (Lipinski definition) is 0. The van der Waals surface area contributed by atoms with Crippen LogP contribution in [-0.4, -0.2) is 22.8 Å². The van der Waals surface area contributed by atoms with Gasteiger partial charge in [-0.1, -0.05) is 26.0 Å². The van der Waals surface area contributed by atoms with E-state index < -0.39 is 30.3 Å². The van der Waals surface area contributed by atoms with E-state index in [-0.39, 0.29) is 11.5 Å². The van der Waals surface area contributed by atoms with Crippen molar-refractivity contribution in [1.29, 1.82) is 0 Å². The largest absolute Gasteiger partial charge is 0.483 e. The third-order valence-electron chi connectivity index (χ3n) is 5.78. The Hall–Kier alpha value is -3.30. The maximum absolute atomic E-state index is 13.6. The second-order valence-electron chi connectivity index (χ2n) is 8.21. The van der Waals surface area contributed by atoms with E-state index in [0.29, 0.717) is 29.9 Å². The van der Waals surface area contributed by atoms with Crippen LogP contribution in [0.5, 0.6) is 5.75 Å². The zero-order valence-electron chi connectivity index (χ0n) is 18.9. The number of hydrogen-bond acceptors (Lipinski definition) is 4. The molecule has 10 heteroatoms. The van der Waals surface area contributed by atoms with Crippen molar-refractivity contribution in [2.45, 2.75) is 45.5 Å². The molecule has 1 atom stereocenters. The molecular formula is C25H22F6N2O2. The average Bonchev–Trinajstić information content (AvgIpc) is 3.25. The molecule has 35 heavy (non-hydrogen) atoms. The molecule has 1 aromatic carbocycles. The molecule has 1 unspecified atom stereocenters. The summed E-state index contributed by atoms with van der Waals surface area (Å²) in [6.07, 6.45) is -1.78. The minimum atomic E-state index is -4.94.